The molecule has 0 bridgehead atoms. The maximum atomic E-state index is 6.05. The molecule has 1 fully saturated rings. The van der Waals surface area contributed by atoms with Crippen molar-refractivity contribution in [2.24, 2.45) is 16.2 Å². The van der Waals surface area contributed by atoms with Crippen LogP contribution >= 0.6 is 0 Å². The SMILES string of the molecule is C=C1OC(C)(C)C(C)(C)C(C)(C)C1(C)C. The second-order valence-electron chi connectivity index (χ2n) is 6.91. The first-order valence-electron chi connectivity index (χ1n) is 5.76. The lowest BCUT2D eigenvalue weighted by atomic mass is 9.48. The lowest BCUT2D eigenvalue weighted by Crippen LogP contribution is -2.61. The average Bonchev–Trinajstić information content (AvgIpc) is 2.00. The molecule has 0 aromatic rings. The number of allylic oxidation sites excluding steroid dienone is 1. The van der Waals surface area contributed by atoms with Gasteiger partial charge >= 0.3 is 0 Å². The van der Waals surface area contributed by atoms with Gasteiger partial charge in [-0.15, -0.1) is 0 Å². The van der Waals surface area contributed by atoms with Crippen molar-refractivity contribution in [1.82, 2.24) is 0 Å². The minimum absolute atomic E-state index is 0.00597. The molecule has 0 atom stereocenters. The van der Waals surface area contributed by atoms with E-state index in [0.29, 0.717) is 0 Å². The Morgan fingerprint density at radius 3 is 1.60 bits per heavy atom. The van der Waals surface area contributed by atoms with Crippen LogP contribution in [0, 0.1) is 16.2 Å². The van der Waals surface area contributed by atoms with Gasteiger partial charge in [-0.2, -0.15) is 0 Å². The lowest BCUT2D eigenvalue weighted by molar-refractivity contribution is -0.212. The lowest BCUT2D eigenvalue weighted by Gasteiger charge is -2.63. The Kier molecular flexibility index (Phi) is 2.36. The van der Waals surface area contributed by atoms with Gasteiger partial charge in [0.05, 0.1) is 5.76 Å². The van der Waals surface area contributed by atoms with Gasteiger partial charge in [0.25, 0.3) is 0 Å². The van der Waals surface area contributed by atoms with Crippen LogP contribution in [-0.2, 0) is 4.74 Å². The molecular formula is C14H26O. The summed E-state index contributed by atoms with van der Waals surface area (Å²) in [6, 6.07) is 0. The molecule has 1 aliphatic rings. The topological polar surface area (TPSA) is 9.23 Å². The van der Waals surface area contributed by atoms with Gasteiger partial charge in [0, 0.05) is 10.8 Å². The van der Waals surface area contributed by atoms with Crippen LogP contribution in [0.5, 0.6) is 0 Å². The van der Waals surface area contributed by atoms with Gasteiger partial charge < -0.3 is 4.74 Å². The van der Waals surface area contributed by atoms with Crippen LogP contribution in [0.1, 0.15) is 55.4 Å². The molecule has 0 amide bonds. The zero-order chi connectivity index (χ0) is 12.3. The van der Waals surface area contributed by atoms with Crippen LogP contribution in [-0.4, -0.2) is 5.60 Å². The normalized spacial score (nSPS) is 30.8. The Hall–Kier alpha value is -0.460. The number of hydrogen-bond donors (Lipinski definition) is 0. The van der Waals surface area contributed by atoms with Crippen molar-refractivity contribution in [2.45, 2.75) is 61.0 Å². The number of ether oxygens (including phenoxy) is 1. The van der Waals surface area contributed by atoms with Gasteiger partial charge in [-0.25, -0.2) is 0 Å². The molecule has 0 radical (unpaired) electrons. The van der Waals surface area contributed by atoms with Crippen LogP contribution in [0.2, 0.25) is 0 Å². The van der Waals surface area contributed by atoms with E-state index < -0.39 is 0 Å². The summed E-state index contributed by atoms with van der Waals surface area (Å²) in [5.74, 6) is 0.914. The van der Waals surface area contributed by atoms with E-state index in [1.54, 1.807) is 0 Å². The first kappa shape index (κ1) is 12.6. The smallest absolute Gasteiger partial charge is 0.109 e. The molecule has 1 nitrogen and oxygen atoms in total. The van der Waals surface area contributed by atoms with E-state index in [0.717, 1.165) is 5.76 Å². The fourth-order valence-corrected chi connectivity index (χ4v) is 2.45. The van der Waals surface area contributed by atoms with Crippen LogP contribution < -0.4 is 0 Å². The van der Waals surface area contributed by atoms with Crippen molar-refractivity contribution in [2.75, 3.05) is 0 Å². The van der Waals surface area contributed by atoms with Crippen molar-refractivity contribution >= 4 is 0 Å². The minimum atomic E-state index is -0.164. The van der Waals surface area contributed by atoms with Crippen molar-refractivity contribution < 1.29 is 4.74 Å². The van der Waals surface area contributed by atoms with Gasteiger partial charge in [-0.3, -0.25) is 0 Å². The zero-order valence-corrected chi connectivity index (χ0v) is 11.6. The number of hydrogen-bond acceptors (Lipinski definition) is 1. The van der Waals surface area contributed by atoms with Gasteiger partial charge in [0.1, 0.15) is 5.60 Å². The van der Waals surface area contributed by atoms with E-state index >= 15 is 0 Å². The van der Waals surface area contributed by atoms with Crippen LogP contribution in [0.25, 0.3) is 0 Å². The first-order chi connectivity index (χ1) is 6.38. The fourth-order valence-electron chi connectivity index (χ4n) is 2.45. The molecule has 0 spiro atoms. The predicted octanol–water partition coefficient (Wildman–Crippen LogP) is 4.39. The third-order valence-electron chi connectivity index (χ3n) is 5.71. The molecule has 1 heterocycles. The van der Waals surface area contributed by atoms with Gasteiger partial charge in [-0.1, -0.05) is 48.1 Å². The minimum Gasteiger partial charge on any atom is -0.492 e. The van der Waals surface area contributed by atoms with E-state index in [9.17, 15) is 0 Å². The van der Waals surface area contributed by atoms with E-state index in [1.807, 2.05) is 0 Å². The summed E-state index contributed by atoms with van der Waals surface area (Å²) in [5, 5.41) is 0. The standard InChI is InChI=1S/C14H26O/c1-10-11(2,3)12(4,5)13(6,7)14(8,9)15-10/h1H2,2-9H3. The van der Waals surface area contributed by atoms with Crippen molar-refractivity contribution in [1.29, 1.82) is 0 Å². The maximum absolute atomic E-state index is 6.05. The van der Waals surface area contributed by atoms with Crippen molar-refractivity contribution in [3.63, 3.8) is 0 Å². The Morgan fingerprint density at radius 2 is 1.20 bits per heavy atom. The highest BCUT2D eigenvalue weighted by molar-refractivity contribution is 5.18. The molecule has 1 aliphatic heterocycles. The van der Waals surface area contributed by atoms with E-state index in [1.165, 1.54) is 0 Å². The summed E-state index contributed by atoms with van der Waals surface area (Å²) < 4.78 is 6.05. The average molecular weight is 210 g/mol. The quantitative estimate of drug-likeness (QED) is 0.576. The molecule has 88 valence electrons. The molecule has 0 saturated carbocycles. The highest BCUT2D eigenvalue weighted by Gasteiger charge is 2.61. The Balaban J connectivity index is 3.36. The molecule has 1 heteroatoms. The largest absolute Gasteiger partial charge is 0.492 e. The molecule has 0 unspecified atom stereocenters. The number of rotatable bonds is 0. The summed E-state index contributed by atoms with van der Waals surface area (Å²) >= 11 is 0. The van der Waals surface area contributed by atoms with E-state index in [-0.39, 0.29) is 21.8 Å². The predicted molar refractivity (Wildman–Crippen MR) is 65.6 cm³/mol. The Labute approximate surface area is 94.9 Å². The fraction of sp³-hybridized carbons (Fsp3) is 0.857. The van der Waals surface area contributed by atoms with Crippen LogP contribution in [0.15, 0.2) is 12.3 Å². The van der Waals surface area contributed by atoms with Crippen LogP contribution in [0.3, 0.4) is 0 Å². The van der Waals surface area contributed by atoms with Crippen LogP contribution in [0.4, 0.5) is 0 Å². The summed E-state index contributed by atoms with van der Waals surface area (Å²) in [6.07, 6.45) is 0. The molecule has 15 heavy (non-hydrogen) atoms. The molecule has 0 aromatic heterocycles. The van der Waals surface area contributed by atoms with Gasteiger partial charge in [-0.05, 0) is 19.3 Å². The van der Waals surface area contributed by atoms with E-state index in [2.05, 4.69) is 62.0 Å². The van der Waals surface area contributed by atoms with Crippen molar-refractivity contribution in [3.05, 3.63) is 12.3 Å². The second kappa shape index (κ2) is 2.81. The highest BCUT2D eigenvalue weighted by Crippen LogP contribution is 2.63. The summed E-state index contributed by atoms with van der Waals surface area (Å²) in [4.78, 5) is 0. The Bertz CT molecular complexity index is 292. The first-order valence-corrected chi connectivity index (χ1v) is 5.76. The molecule has 0 aromatic carbocycles. The van der Waals surface area contributed by atoms with E-state index in [4.69, 9.17) is 4.74 Å². The molecule has 1 rings (SSSR count). The molecule has 0 aliphatic carbocycles. The third-order valence-corrected chi connectivity index (χ3v) is 5.71. The Morgan fingerprint density at radius 1 is 0.800 bits per heavy atom. The molecule has 1 saturated heterocycles. The summed E-state index contributed by atoms with van der Waals surface area (Å²) in [7, 11) is 0. The second-order valence-corrected chi connectivity index (χ2v) is 6.91. The zero-order valence-electron chi connectivity index (χ0n) is 11.6. The monoisotopic (exact) mass is 210 g/mol. The third kappa shape index (κ3) is 1.28. The van der Waals surface area contributed by atoms with Crippen molar-refractivity contribution in [3.8, 4) is 0 Å². The maximum Gasteiger partial charge on any atom is 0.109 e. The summed E-state index contributed by atoms with van der Waals surface area (Å²) in [6.45, 7) is 22.1. The highest BCUT2D eigenvalue weighted by atomic mass is 16.5. The van der Waals surface area contributed by atoms with Gasteiger partial charge in [0.15, 0.2) is 0 Å². The summed E-state index contributed by atoms with van der Waals surface area (Å²) in [5.41, 5.74) is 0.0959. The molecular weight excluding hydrogens is 184 g/mol. The molecule has 0 N–H and O–H groups in total. The van der Waals surface area contributed by atoms with Gasteiger partial charge in [0.2, 0.25) is 0 Å².